The molecule has 1 aliphatic carbocycles. The largest absolute Gasteiger partial charge is 0.349 e. The van der Waals surface area contributed by atoms with Crippen molar-refractivity contribution in [3.05, 3.63) is 77.5 Å². The first-order chi connectivity index (χ1) is 14.9. The Balaban J connectivity index is 1.42. The van der Waals surface area contributed by atoms with Gasteiger partial charge in [-0.1, -0.05) is 38.1 Å². The number of para-hydroxylation sites is 1. The molecule has 0 fully saturated rings. The molecule has 0 saturated heterocycles. The minimum absolute atomic E-state index is 0.0310. The van der Waals surface area contributed by atoms with E-state index in [1.54, 1.807) is 16.9 Å². The number of nitrogens with one attached hydrogen (secondary N) is 2. The standard InChI is InChI=1S/C24H24FN5O/c1-24(2)12-21(27-23(31)11-20-17-8-3-4-9-19(17)28-29-20)18-14-26-30(22(18)13-24)16-7-5-6-15(25)10-16/h3-10,14,21H,11-13H2,1-2H3,(H,27,31)(H,28,29)/t21-/m1/s1. The number of aromatic nitrogens is 4. The van der Waals surface area contributed by atoms with Crippen LogP contribution in [0.15, 0.2) is 54.7 Å². The number of amides is 1. The molecule has 0 unspecified atom stereocenters. The normalized spacial score (nSPS) is 17.5. The summed E-state index contributed by atoms with van der Waals surface area (Å²) in [6.07, 6.45) is 3.64. The number of halogens is 1. The third-order valence-corrected chi connectivity index (χ3v) is 5.95. The average molecular weight is 417 g/mol. The summed E-state index contributed by atoms with van der Waals surface area (Å²) in [4.78, 5) is 12.9. The molecule has 5 rings (SSSR count). The zero-order valence-electron chi connectivity index (χ0n) is 17.5. The van der Waals surface area contributed by atoms with Crippen molar-refractivity contribution in [2.45, 2.75) is 39.2 Å². The number of aromatic amines is 1. The van der Waals surface area contributed by atoms with Crippen molar-refractivity contribution in [1.82, 2.24) is 25.3 Å². The smallest absolute Gasteiger partial charge is 0.226 e. The lowest BCUT2D eigenvalue weighted by atomic mass is 9.74. The molecule has 1 amide bonds. The Labute approximate surface area is 179 Å². The molecule has 0 radical (unpaired) electrons. The van der Waals surface area contributed by atoms with Crippen molar-refractivity contribution >= 4 is 16.8 Å². The summed E-state index contributed by atoms with van der Waals surface area (Å²) in [6.45, 7) is 4.36. The summed E-state index contributed by atoms with van der Waals surface area (Å²) in [5, 5.41) is 15.9. The van der Waals surface area contributed by atoms with Gasteiger partial charge < -0.3 is 5.32 Å². The zero-order valence-corrected chi connectivity index (χ0v) is 17.5. The van der Waals surface area contributed by atoms with Crippen LogP contribution < -0.4 is 5.32 Å². The molecule has 2 aromatic heterocycles. The van der Waals surface area contributed by atoms with Gasteiger partial charge in [-0.25, -0.2) is 9.07 Å². The fourth-order valence-electron chi connectivity index (χ4n) is 4.56. The van der Waals surface area contributed by atoms with Crippen LogP contribution in [0.4, 0.5) is 4.39 Å². The van der Waals surface area contributed by atoms with E-state index in [-0.39, 0.29) is 29.6 Å². The van der Waals surface area contributed by atoms with Crippen LogP contribution in [0.2, 0.25) is 0 Å². The maximum Gasteiger partial charge on any atom is 0.226 e. The van der Waals surface area contributed by atoms with Gasteiger partial charge in [0.25, 0.3) is 0 Å². The van der Waals surface area contributed by atoms with Gasteiger partial charge in [-0.3, -0.25) is 9.89 Å². The fraction of sp³-hybridized carbons (Fsp3) is 0.292. The topological polar surface area (TPSA) is 75.6 Å². The second-order valence-corrected chi connectivity index (χ2v) is 9.00. The Bertz CT molecular complexity index is 1270. The molecular formula is C24H24FN5O. The zero-order chi connectivity index (χ0) is 21.6. The third-order valence-electron chi connectivity index (χ3n) is 5.95. The lowest BCUT2D eigenvalue weighted by molar-refractivity contribution is -0.121. The molecule has 2 N–H and O–H groups in total. The van der Waals surface area contributed by atoms with Crippen LogP contribution in [0.25, 0.3) is 16.6 Å². The maximum atomic E-state index is 13.8. The highest BCUT2D eigenvalue weighted by molar-refractivity contribution is 5.87. The van der Waals surface area contributed by atoms with Crippen LogP contribution in [0, 0.1) is 11.2 Å². The first-order valence-corrected chi connectivity index (χ1v) is 10.4. The molecular weight excluding hydrogens is 393 g/mol. The van der Waals surface area contributed by atoms with E-state index in [1.165, 1.54) is 12.1 Å². The van der Waals surface area contributed by atoms with Crippen molar-refractivity contribution in [3.8, 4) is 5.69 Å². The van der Waals surface area contributed by atoms with E-state index in [1.807, 2.05) is 30.3 Å². The lowest BCUT2D eigenvalue weighted by Crippen LogP contribution is -2.37. The maximum absolute atomic E-state index is 13.8. The molecule has 0 aliphatic heterocycles. The van der Waals surface area contributed by atoms with Crippen molar-refractivity contribution in [3.63, 3.8) is 0 Å². The van der Waals surface area contributed by atoms with E-state index in [0.717, 1.165) is 40.7 Å². The van der Waals surface area contributed by atoms with E-state index in [2.05, 4.69) is 34.5 Å². The number of benzene rings is 2. The van der Waals surface area contributed by atoms with Crippen LogP contribution in [-0.2, 0) is 17.6 Å². The van der Waals surface area contributed by atoms with E-state index >= 15 is 0 Å². The molecule has 2 heterocycles. The van der Waals surface area contributed by atoms with Crippen LogP contribution in [0.3, 0.4) is 0 Å². The van der Waals surface area contributed by atoms with E-state index in [0.29, 0.717) is 5.69 Å². The summed E-state index contributed by atoms with van der Waals surface area (Å²) in [7, 11) is 0. The number of carbonyl (C=O) groups is 1. The second-order valence-electron chi connectivity index (χ2n) is 9.00. The van der Waals surface area contributed by atoms with Crippen LogP contribution in [0.5, 0.6) is 0 Å². The van der Waals surface area contributed by atoms with Gasteiger partial charge >= 0.3 is 0 Å². The molecule has 158 valence electrons. The van der Waals surface area contributed by atoms with Crippen LogP contribution in [-0.4, -0.2) is 25.9 Å². The van der Waals surface area contributed by atoms with E-state index in [4.69, 9.17) is 0 Å². The molecule has 0 spiro atoms. The predicted octanol–water partition coefficient (Wildman–Crippen LogP) is 4.26. The predicted molar refractivity (Wildman–Crippen MR) is 116 cm³/mol. The summed E-state index contributed by atoms with van der Waals surface area (Å²) >= 11 is 0. The van der Waals surface area contributed by atoms with Gasteiger partial charge in [0.15, 0.2) is 0 Å². The number of hydrogen-bond donors (Lipinski definition) is 2. The van der Waals surface area contributed by atoms with Crippen molar-refractivity contribution in [1.29, 1.82) is 0 Å². The van der Waals surface area contributed by atoms with Crippen molar-refractivity contribution < 1.29 is 9.18 Å². The quantitative estimate of drug-likeness (QED) is 0.521. The Kier molecular flexibility index (Phi) is 4.61. The summed E-state index contributed by atoms with van der Waals surface area (Å²) in [5.41, 5.74) is 4.32. The van der Waals surface area contributed by atoms with Crippen LogP contribution in [0.1, 0.15) is 43.3 Å². The van der Waals surface area contributed by atoms with Crippen molar-refractivity contribution in [2.24, 2.45) is 5.41 Å². The Hall–Kier alpha value is -3.48. The second kappa shape index (κ2) is 7.34. The number of fused-ring (bicyclic) bond motifs is 2. The first kappa shape index (κ1) is 19.5. The molecule has 4 aromatic rings. The van der Waals surface area contributed by atoms with Gasteiger partial charge in [0.1, 0.15) is 5.82 Å². The summed E-state index contributed by atoms with van der Waals surface area (Å²) in [5.74, 6) is -0.366. The highest BCUT2D eigenvalue weighted by Gasteiger charge is 2.36. The number of H-pyrrole nitrogens is 1. The van der Waals surface area contributed by atoms with Crippen molar-refractivity contribution in [2.75, 3.05) is 0 Å². The van der Waals surface area contributed by atoms with Gasteiger partial charge in [0.2, 0.25) is 5.91 Å². The number of nitrogens with zero attached hydrogens (tertiary/aromatic N) is 3. The Morgan fingerprint density at radius 1 is 1.26 bits per heavy atom. The van der Waals surface area contributed by atoms with Crippen LogP contribution >= 0.6 is 0 Å². The highest BCUT2D eigenvalue weighted by atomic mass is 19.1. The molecule has 6 nitrogen and oxygen atoms in total. The molecule has 1 atom stereocenters. The first-order valence-electron chi connectivity index (χ1n) is 10.4. The molecule has 31 heavy (non-hydrogen) atoms. The number of hydrogen-bond acceptors (Lipinski definition) is 3. The Morgan fingerprint density at radius 3 is 2.94 bits per heavy atom. The SMILES string of the molecule is CC1(C)Cc2c(cnn2-c2cccc(F)c2)[C@H](NC(=O)Cc2[nH]nc3ccccc23)C1. The van der Waals surface area contributed by atoms with Gasteiger partial charge in [-0.15, -0.1) is 0 Å². The van der Waals surface area contributed by atoms with Gasteiger partial charge in [-0.05, 0) is 42.5 Å². The molecule has 0 bridgehead atoms. The number of carbonyl (C=O) groups excluding carboxylic acids is 1. The van der Waals surface area contributed by atoms with Gasteiger partial charge in [0.05, 0.1) is 41.3 Å². The third kappa shape index (κ3) is 3.71. The summed E-state index contributed by atoms with van der Waals surface area (Å²) < 4.78 is 15.6. The summed E-state index contributed by atoms with van der Waals surface area (Å²) in [6, 6.07) is 14.0. The monoisotopic (exact) mass is 417 g/mol. The molecule has 1 aliphatic rings. The van der Waals surface area contributed by atoms with Gasteiger partial charge in [0, 0.05) is 10.9 Å². The molecule has 2 aromatic carbocycles. The lowest BCUT2D eigenvalue weighted by Gasteiger charge is -2.36. The minimum Gasteiger partial charge on any atom is -0.349 e. The van der Waals surface area contributed by atoms with E-state index < -0.39 is 0 Å². The molecule has 7 heteroatoms. The molecule has 0 saturated carbocycles. The Morgan fingerprint density at radius 2 is 2.10 bits per heavy atom. The number of rotatable bonds is 4. The fourth-order valence-corrected chi connectivity index (χ4v) is 4.56. The van der Waals surface area contributed by atoms with Gasteiger partial charge in [-0.2, -0.15) is 10.2 Å². The highest BCUT2D eigenvalue weighted by Crippen LogP contribution is 2.41. The average Bonchev–Trinajstić information content (AvgIpc) is 3.32. The van der Waals surface area contributed by atoms with E-state index in [9.17, 15) is 9.18 Å². The minimum atomic E-state index is -0.298.